The van der Waals surface area contributed by atoms with Gasteiger partial charge in [0.05, 0.1) is 12.0 Å². The van der Waals surface area contributed by atoms with E-state index in [1.165, 1.54) is 0 Å². The minimum atomic E-state index is -0.554. The van der Waals surface area contributed by atoms with E-state index in [0.29, 0.717) is 12.6 Å². The number of rotatable bonds is 3. The molecule has 1 atom stereocenters. The maximum absolute atomic E-state index is 11.0. The van der Waals surface area contributed by atoms with Crippen molar-refractivity contribution in [2.24, 2.45) is 16.1 Å². The molecular formula is C9H17N3OS. The van der Waals surface area contributed by atoms with Crippen molar-refractivity contribution < 1.29 is 4.79 Å². The minimum absolute atomic E-state index is 0.308. The van der Waals surface area contributed by atoms with Gasteiger partial charge >= 0.3 is 0 Å². The first-order valence-corrected chi connectivity index (χ1v) is 5.64. The van der Waals surface area contributed by atoms with Crippen molar-refractivity contribution in [1.82, 2.24) is 5.32 Å². The normalized spacial score (nSPS) is 25.1. The number of nitrogens with two attached hydrogens (primary N) is 1. The summed E-state index contributed by atoms with van der Waals surface area (Å²) in [6.45, 7) is 6.17. The van der Waals surface area contributed by atoms with Crippen LogP contribution in [0.4, 0.5) is 0 Å². The number of thioether (sulfide) groups is 1. The highest BCUT2D eigenvalue weighted by Gasteiger charge is 2.25. The van der Waals surface area contributed by atoms with E-state index in [-0.39, 0.29) is 5.91 Å². The third-order valence-electron chi connectivity index (χ3n) is 2.12. The van der Waals surface area contributed by atoms with Gasteiger partial charge in [0.15, 0.2) is 5.17 Å². The number of amidine groups is 1. The molecule has 0 aromatic rings. The van der Waals surface area contributed by atoms with Gasteiger partial charge in [0.25, 0.3) is 0 Å². The van der Waals surface area contributed by atoms with Crippen LogP contribution in [0.25, 0.3) is 0 Å². The molecule has 0 radical (unpaired) electrons. The summed E-state index contributed by atoms with van der Waals surface area (Å²) >= 11 is 1.69. The van der Waals surface area contributed by atoms with Crippen LogP contribution in [0.5, 0.6) is 0 Å². The number of amides is 1. The van der Waals surface area contributed by atoms with Crippen LogP contribution in [-0.2, 0) is 4.79 Å². The summed E-state index contributed by atoms with van der Waals surface area (Å²) in [5.41, 5.74) is 4.69. The Bertz CT molecular complexity index is 263. The Morgan fingerprint density at radius 1 is 1.79 bits per heavy atom. The van der Waals surface area contributed by atoms with Gasteiger partial charge in [-0.1, -0.05) is 11.8 Å². The molecule has 4 nitrogen and oxygen atoms in total. The molecule has 5 heteroatoms. The van der Waals surface area contributed by atoms with E-state index in [2.05, 4.69) is 17.2 Å². The Hall–Kier alpha value is -0.710. The average Bonchev–Trinajstić information content (AvgIpc) is 2.48. The minimum Gasteiger partial charge on any atom is -0.369 e. The highest BCUT2D eigenvalue weighted by Crippen LogP contribution is 2.18. The first-order valence-electron chi connectivity index (χ1n) is 4.65. The molecule has 0 aromatic heterocycles. The van der Waals surface area contributed by atoms with Crippen LogP contribution in [0.15, 0.2) is 4.99 Å². The van der Waals surface area contributed by atoms with Crippen molar-refractivity contribution in [1.29, 1.82) is 0 Å². The molecule has 1 amide bonds. The van der Waals surface area contributed by atoms with Crippen LogP contribution < -0.4 is 11.1 Å². The number of hydrogen-bond donors (Lipinski definition) is 2. The van der Waals surface area contributed by atoms with Gasteiger partial charge in [0.2, 0.25) is 5.91 Å². The van der Waals surface area contributed by atoms with Crippen LogP contribution in [0.2, 0.25) is 0 Å². The number of nitrogens with one attached hydrogen (secondary N) is 1. The van der Waals surface area contributed by atoms with Crippen molar-refractivity contribution >= 4 is 22.8 Å². The van der Waals surface area contributed by atoms with Crippen LogP contribution >= 0.6 is 11.8 Å². The summed E-state index contributed by atoms with van der Waals surface area (Å²) in [4.78, 5) is 15.4. The number of carbonyl (C=O) groups excluding carboxylic acids is 1. The first-order chi connectivity index (χ1) is 6.42. The van der Waals surface area contributed by atoms with Crippen molar-refractivity contribution in [3.8, 4) is 0 Å². The fraction of sp³-hybridized carbons (Fsp3) is 0.778. The molecular weight excluding hydrogens is 198 g/mol. The molecule has 0 saturated carbocycles. The van der Waals surface area contributed by atoms with Crippen molar-refractivity contribution in [3.63, 3.8) is 0 Å². The summed E-state index contributed by atoms with van der Waals surface area (Å²) in [5, 5.41) is 4.15. The lowest BCUT2D eigenvalue weighted by atomic mass is 9.93. The molecule has 1 heterocycles. The van der Waals surface area contributed by atoms with E-state index >= 15 is 0 Å². The van der Waals surface area contributed by atoms with Crippen molar-refractivity contribution in [2.75, 3.05) is 12.3 Å². The zero-order valence-electron chi connectivity index (χ0n) is 8.83. The van der Waals surface area contributed by atoms with Crippen LogP contribution in [0.3, 0.4) is 0 Å². The van der Waals surface area contributed by atoms with E-state index in [1.807, 2.05) is 13.8 Å². The number of primary amides is 1. The monoisotopic (exact) mass is 215 g/mol. The lowest BCUT2D eigenvalue weighted by Crippen LogP contribution is -2.35. The molecule has 80 valence electrons. The number of nitrogens with zero attached hydrogens (tertiary/aromatic N) is 1. The summed E-state index contributed by atoms with van der Waals surface area (Å²) in [6, 6.07) is 0.468. The Balaban J connectivity index is 2.50. The highest BCUT2D eigenvalue weighted by atomic mass is 32.2. The number of carbonyl (C=O) groups is 1. The predicted octanol–water partition coefficient (Wildman–Crippen LogP) is 0.579. The second kappa shape index (κ2) is 4.21. The predicted molar refractivity (Wildman–Crippen MR) is 60.3 cm³/mol. The Morgan fingerprint density at radius 2 is 2.43 bits per heavy atom. The SMILES string of the molecule is CC1CSC(=NCC(C)(C)C(N)=O)N1. The van der Waals surface area contributed by atoms with E-state index in [0.717, 1.165) is 10.9 Å². The topological polar surface area (TPSA) is 67.5 Å². The van der Waals surface area contributed by atoms with E-state index < -0.39 is 5.41 Å². The van der Waals surface area contributed by atoms with Gasteiger partial charge in [-0.15, -0.1) is 0 Å². The second-order valence-corrected chi connectivity index (χ2v) is 5.23. The highest BCUT2D eigenvalue weighted by molar-refractivity contribution is 8.14. The third kappa shape index (κ3) is 2.90. The molecule has 1 fully saturated rings. The molecule has 0 aromatic carbocycles. The van der Waals surface area contributed by atoms with Crippen molar-refractivity contribution in [3.05, 3.63) is 0 Å². The van der Waals surface area contributed by atoms with Crippen LogP contribution in [0, 0.1) is 5.41 Å². The quantitative estimate of drug-likeness (QED) is 0.723. The standard InChI is InChI=1S/C9H17N3OS/c1-6-4-14-8(12-6)11-5-9(2,3)7(10)13/h6H,4-5H2,1-3H3,(H2,10,13)(H,11,12). The molecule has 0 spiro atoms. The second-order valence-electron chi connectivity index (χ2n) is 4.23. The number of hydrogen-bond acceptors (Lipinski definition) is 3. The van der Waals surface area contributed by atoms with E-state index in [9.17, 15) is 4.79 Å². The molecule has 1 aliphatic heterocycles. The van der Waals surface area contributed by atoms with Gasteiger partial charge in [-0.3, -0.25) is 9.79 Å². The molecule has 1 unspecified atom stereocenters. The molecule has 1 aliphatic rings. The van der Waals surface area contributed by atoms with Gasteiger partial charge < -0.3 is 11.1 Å². The van der Waals surface area contributed by atoms with Gasteiger partial charge in [-0.25, -0.2) is 0 Å². The van der Waals surface area contributed by atoms with Gasteiger partial charge in [0, 0.05) is 11.8 Å². The molecule has 14 heavy (non-hydrogen) atoms. The van der Waals surface area contributed by atoms with Crippen LogP contribution in [0.1, 0.15) is 20.8 Å². The largest absolute Gasteiger partial charge is 0.369 e. The van der Waals surface area contributed by atoms with Gasteiger partial charge in [-0.05, 0) is 20.8 Å². The van der Waals surface area contributed by atoms with Gasteiger partial charge in [-0.2, -0.15) is 0 Å². The Morgan fingerprint density at radius 3 is 2.86 bits per heavy atom. The average molecular weight is 215 g/mol. The fourth-order valence-electron chi connectivity index (χ4n) is 0.937. The lowest BCUT2D eigenvalue weighted by Gasteiger charge is -2.17. The molecule has 3 N–H and O–H groups in total. The molecule has 0 aliphatic carbocycles. The first kappa shape index (κ1) is 11.4. The zero-order chi connectivity index (χ0) is 10.8. The number of aliphatic imine (C=N–C) groups is 1. The molecule has 1 saturated heterocycles. The summed E-state index contributed by atoms with van der Waals surface area (Å²) in [6.07, 6.45) is 0. The third-order valence-corrected chi connectivity index (χ3v) is 3.31. The molecule has 1 rings (SSSR count). The van der Waals surface area contributed by atoms with Crippen LogP contribution in [-0.4, -0.2) is 29.4 Å². The smallest absolute Gasteiger partial charge is 0.224 e. The van der Waals surface area contributed by atoms with E-state index in [1.54, 1.807) is 11.8 Å². The maximum atomic E-state index is 11.0. The lowest BCUT2D eigenvalue weighted by molar-refractivity contribution is -0.125. The summed E-state index contributed by atoms with van der Waals surface area (Å²) in [5.74, 6) is 0.730. The molecule has 0 bridgehead atoms. The Labute approximate surface area is 88.7 Å². The van der Waals surface area contributed by atoms with Crippen molar-refractivity contribution in [2.45, 2.75) is 26.8 Å². The Kier molecular flexibility index (Phi) is 3.42. The zero-order valence-corrected chi connectivity index (χ0v) is 9.65. The summed E-state index contributed by atoms with van der Waals surface area (Å²) in [7, 11) is 0. The maximum Gasteiger partial charge on any atom is 0.224 e. The fourth-order valence-corrected chi connectivity index (χ4v) is 1.87. The van der Waals surface area contributed by atoms with Gasteiger partial charge in [0.1, 0.15) is 0 Å². The summed E-state index contributed by atoms with van der Waals surface area (Å²) < 4.78 is 0. The van der Waals surface area contributed by atoms with E-state index in [4.69, 9.17) is 5.73 Å².